The summed E-state index contributed by atoms with van der Waals surface area (Å²) < 4.78 is 49.3. The number of thiazole rings is 1. The number of amides is 1. The van der Waals surface area contributed by atoms with Gasteiger partial charge in [-0.25, -0.2) is 9.97 Å². The fourth-order valence-electron chi connectivity index (χ4n) is 2.51. The predicted molar refractivity (Wildman–Crippen MR) is 99.5 cm³/mol. The zero-order chi connectivity index (χ0) is 21.2. The van der Waals surface area contributed by atoms with Gasteiger partial charge in [-0.3, -0.25) is 14.2 Å². The molecule has 0 saturated carbocycles. The highest BCUT2D eigenvalue weighted by Gasteiger charge is 2.33. The van der Waals surface area contributed by atoms with Crippen molar-refractivity contribution in [2.45, 2.75) is 19.1 Å². The molecule has 0 aliphatic carbocycles. The van der Waals surface area contributed by atoms with E-state index in [9.17, 15) is 22.8 Å². The molecule has 2 aromatic heterocycles. The number of benzene rings is 1. The standard InChI is InChI=1S/C17H15F3N4O4S/c1-27-11-5-9-10(6-12(11)28-2)22-8-24(15(9)26)4-3-14(25)23-16-21-7-13(29-16)17(18,19)20/h5-8H,3-4H2,1-2H3,(H,21,23,25). The number of hydrogen-bond acceptors (Lipinski definition) is 7. The van der Waals surface area contributed by atoms with Gasteiger partial charge in [-0.05, 0) is 6.07 Å². The average molecular weight is 428 g/mol. The number of carbonyl (C=O) groups excluding carboxylic acids is 1. The van der Waals surface area contributed by atoms with Crippen LogP contribution in [0.4, 0.5) is 18.3 Å². The summed E-state index contributed by atoms with van der Waals surface area (Å²) in [4.78, 5) is 31.4. The molecule has 0 fully saturated rings. The number of alkyl halides is 3. The van der Waals surface area contributed by atoms with Crippen molar-refractivity contribution in [3.05, 3.63) is 39.9 Å². The van der Waals surface area contributed by atoms with E-state index in [1.54, 1.807) is 6.07 Å². The number of nitrogens with one attached hydrogen (secondary N) is 1. The summed E-state index contributed by atoms with van der Waals surface area (Å²) in [6.07, 6.45) is -2.73. The summed E-state index contributed by atoms with van der Waals surface area (Å²) in [5.41, 5.74) is 0.00757. The molecule has 29 heavy (non-hydrogen) atoms. The van der Waals surface area contributed by atoms with Gasteiger partial charge >= 0.3 is 6.18 Å². The van der Waals surface area contributed by atoms with Gasteiger partial charge in [-0.1, -0.05) is 11.3 Å². The van der Waals surface area contributed by atoms with E-state index in [0.717, 1.165) is 0 Å². The fraction of sp³-hybridized carbons (Fsp3) is 0.294. The first-order valence-corrected chi connectivity index (χ1v) is 8.98. The van der Waals surface area contributed by atoms with Crippen molar-refractivity contribution in [3.8, 4) is 11.5 Å². The summed E-state index contributed by atoms with van der Waals surface area (Å²) in [6.45, 7) is -0.0144. The fourth-order valence-corrected chi connectivity index (χ4v) is 3.21. The van der Waals surface area contributed by atoms with E-state index in [0.29, 0.717) is 34.5 Å². The molecule has 154 valence electrons. The highest BCUT2D eigenvalue weighted by molar-refractivity contribution is 7.15. The number of nitrogens with zero attached hydrogens (tertiary/aromatic N) is 3. The molecule has 3 rings (SSSR count). The lowest BCUT2D eigenvalue weighted by Gasteiger charge is -2.10. The molecule has 8 nitrogen and oxygen atoms in total. The normalized spacial score (nSPS) is 11.5. The lowest BCUT2D eigenvalue weighted by molar-refractivity contribution is -0.134. The van der Waals surface area contributed by atoms with Crippen LogP contribution >= 0.6 is 11.3 Å². The first-order valence-electron chi connectivity index (χ1n) is 8.17. The molecule has 12 heteroatoms. The van der Waals surface area contributed by atoms with E-state index in [1.807, 2.05) is 0 Å². The van der Waals surface area contributed by atoms with E-state index in [2.05, 4.69) is 15.3 Å². The van der Waals surface area contributed by atoms with Gasteiger partial charge in [0.15, 0.2) is 16.6 Å². The third-order valence-corrected chi connectivity index (χ3v) is 4.90. The second kappa shape index (κ2) is 8.07. The van der Waals surface area contributed by atoms with Gasteiger partial charge in [0.1, 0.15) is 4.88 Å². The molecule has 1 aromatic carbocycles. The van der Waals surface area contributed by atoms with Crippen LogP contribution in [0, 0.1) is 0 Å². The van der Waals surface area contributed by atoms with Crippen molar-refractivity contribution in [2.24, 2.45) is 0 Å². The third kappa shape index (κ3) is 4.47. The molecular formula is C17H15F3N4O4S. The molecular weight excluding hydrogens is 413 g/mol. The maximum atomic E-state index is 12.6. The molecule has 0 radical (unpaired) electrons. The number of carbonyl (C=O) groups is 1. The third-order valence-electron chi connectivity index (χ3n) is 3.94. The molecule has 3 aromatic rings. The smallest absolute Gasteiger partial charge is 0.427 e. The van der Waals surface area contributed by atoms with Gasteiger partial charge in [-0.2, -0.15) is 13.2 Å². The maximum absolute atomic E-state index is 12.6. The zero-order valence-electron chi connectivity index (χ0n) is 15.2. The van der Waals surface area contributed by atoms with E-state index < -0.39 is 22.5 Å². The number of rotatable bonds is 6. The second-order valence-corrected chi connectivity index (χ2v) is 6.82. The monoisotopic (exact) mass is 428 g/mol. The Bertz CT molecular complexity index is 1110. The Hall–Kier alpha value is -3.15. The van der Waals surface area contributed by atoms with E-state index in [-0.39, 0.29) is 23.5 Å². The van der Waals surface area contributed by atoms with Gasteiger partial charge in [0.25, 0.3) is 5.56 Å². The van der Waals surface area contributed by atoms with Crippen LogP contribution in [0.3, 0.4) is 0 Å². The Morgan fingerprint density at radius 1 is 1.21 bits per heavy atom. The Kier molecular flexibility index (Phi) is 5.73. The molecule has 0 saturated heterocycles. The van der Waals surface area contributed by atoms with Crippen LogP contribution < -0.4 is 20.3 Å². The molecule has 0 aliphatic rings. The van der Waals surface area contributed by atoms with Crippen molar-refractivity contribution >= 4 is 33.3 Å². The molecule has 0 unspecified atom stereocenters. The first-order chi connectivity index (χ1) is 13.7. The van der Waals surface area contributed by atoms with Crippen LogP contribution in [0.5, 0.6) is 11.5 Å². The Labute approximate surface area is 165 Å². The van der Waals surface area contributed by atoms with E-state index in [1.165, 1.54) is 31.2 Å². The van der Waals surface area contributed by atoms with Crippen molar-refractivity contribution in [1.82, 2.24) is 14.5 Å². The van der Waals surface area contributed by atoms with Gasteiger partial charge in [0, 0.05) is 19.0 Å². The number of hydrogen-bond donors (Lipinski definition) is 1. The molecule has 0 atom stereocenters. The first kappa shape index (κ1) is 20.6. The number of halogens is 3. The summed E-state index contributed by atoms with van der Waals surface area (Å²) in [6, 6.07) is 3.06. The summed E-state index contributed by atoms with van der Waals surface area (Å²) in [5, 5.41) is 2.41. The second-order valence-electron chi connectivity index (χ2n) is 5.79. The minimum absolute atomic E-state index is 0.0144. The number of ether oxygens (including phenoxy) is 2. The highest BCUT2D eigenvalue weighted by Crippen LogP contribution is 2.35. The van der Waals surface area contributed by atoms with Crippen LogP contribution in [-0.2, 0) is 17.5 Å². The SMILES string of the molecule is COc1cc2ncn(CCC(=O)Nc3ncc(C(F)(F)F)s3)c(=O)c2cc1OC. The molecule has 0 bridgehead atoms. The number of methoxy groups -OCH3 is 2. The predicted octanol–water partition coefficient (Wildman–Crippen LogP) is 2.92. The quantitative estimate of drug-likeness (QED) is 0.649. The van der Waals surface area contributed by atoms with Gasteiger partial charge in [0.05, 0.1) is 37.6 Å². The maximum Gasteiger partial charge on any atom is 0.427 e. The summed E-state index contributed by atoms with van der Waals surface area (Å²) in [5.74, 6) is 0.205. The number of fused-ring (bicyclic) bond motifs is 1. The number of anilines is 1. The van der Waals surface area contributed by atoms with Gasteiger partial charge in [-0.15, -0.1) is 0 Å². The Morgan fingerprint density at radius 3 is 2.52 bits per heavy atom. The van der Waals surface area contributed by atoms with Crippen molar-refractivity contribution in [3.63, 3.8) is 0 Å². The van der Waals surface area contributed by atoms with Crippen LogP contribution in [-0.4, -0.2) is 34.7 Å². The summed E-state index contributed by atoms with van der Waals surface area (Å²) >= 11 is 0.328. The van der Waals surface area contributed by atoms with Crippen molar-refractivity contribution < 1.29 is 27.4 Å². The molecule has 2 heterocycles. The Balaban J connectivity index is 1.73. The Morgan fingerprint density at radius 2 is 1.90 bits per heavy atom. The van der Waals surface area contributed by atoms with Crippen LogP contribution in [0.1, 0.15) is 11.3 Å². The van der Waals surface area contributed by atoms with Crippen LogP contribution in [0.25, 0.3) is 10.9 Å². The molecule has 0 spiro atoms. The van der Waals surface area contributed by atoms with E-state index >= 15 is 0 Å². The van der Waals surface area contributed by atoms with Gasteiger partial charge < -0.3 is 14.8 Å². The zero-order valence-corrected chi connectivity index (χ0v) is 16.1. The van der Waals surface area contributed by atoms with Crippen LogP contribution in [0.2, 0.25) is 0 Å². The van der Waals surface area contributed by atoms with Crippen molar-refractivity contribution in [2.75, 3.05) is 19.5 Å². The minimum atomic E-state index is -4.52. The largest absolute Gasteiger partial charge is 0.493 e. The average Bonchev–Trinajstić information content (AvgIpc) is 3.15. The van der Waals surface area contributed by atoms with Crippen molar-refractivity contribution in [1.29, 1.82) is 0 Å². The molecule has 1 N–H and O–H groups in total. The molecule has 1 amide bonds. The van der Waals surface area contributed by atoms with Gasteiger partial charge in [0.2, 0.25) is 5.91 Å². The lowest BCUT2D eigenvalue weighted by Crippen LogP contribution is -2.23. The molecule has 0 aliphatic heterocycles. The highest BCUT2D eigenvalue weighted by atomic mass is 32.1. The van der Waals surface area contributed by atoms with E-state index in [4.69, 9.17) is 9.47 Å². The lowest BCUT2D eigenvalue weighted by atomic mass is 10.2. The minimum Gasteiger partial charge on any atom is -0.493 e. The number of aryl methyl sites for hydroxylation is 1. The number of aromatic nitrogens is 3. The summed E-state index contributed by atoms with van der Waals surface area (Å²) in [7, 11) is 2.90. The van der Waals surface area contributed by atoms with Crippen LogP contribution in [0.15, 0.2) is 29.5 Å². The topological polar surface area (TPSA) is 95.3 Å².